The van der Waals surface area contributed by atoms with Crippen molar-refractivity contribution in [2.75, 3.05) is 19.0 Å². The molecule has 3 rings (SSSR count). The van der Waals surface area contributed by atoms with Crippen molar-refractivity contribution < 1.29 is 9.53 Å². The second-order valence-corrected chi connectivity index (χ2v) is 5.73. The van der Waals surface area contributed by atoms with E-state index in [4.69, 9.17) is 10.5 Å². The minimum Gasteiger partial charge on any atom is -0.497 e. The van der Waals surface area contributed by atoms with Gasteiger partial charge in [0.05, 0.1) is 7.11 Å². The summed E-state index contributed by atoms with van der Waals surface area (Å²) >= 11 is 0. The third kappa shape index (κ3) is 4.36. The van der Waals surface area contributed by atoms with Crippen LogP contribution in [0.15, 0.2) is 60.8 Å². The number of nitrogens with zero attached hydrogens (tertiary/aromatic N) is 2. The van der Waals surface area contributed by atoms with Crippen molar-refractivity contribution in [1.29, 1.82) is 0 Å². The molecule has 0 aliphatic heterocycles. The van der Waals surface area contributed by atoms with Gasteiger partial charge in [-0.25, -0.2) is 9.97 Å². The molecule has 0 unspecified atom stereocenters. The SMILES string of the molecule is COc1ccc(CCNc2ccnc(-c3ccc(C(N)=O)cc3)n2)cc1. The first-order valence-corrected chi connectivity index (χ1v) is 8.26. The number of benzene rings is 2. The maximum atomic E-state index is 11.1. The van der Waals surface area contributed by atoms with Crippen LogP contribution in [0.3, 0.4) is 0 Å². The molecule has 6 heteroatoms. The largest absolute Gasteiger partial charge is 0.497 e. The van der Waals surface area contributed by atoms with Crippen LogP contribution in [0.2, 0.25) is 0 Å². The van der Waals surface area contributed by atoms with E-state index in [9.17, 15) is 4.79 Å². The number of anilines is 1. The minimum absolute atomic E-state index is 0.452. The Morgan fingerprint density at radius 3 is 2.46 bits per heavy atom. The van der Waals surface area contributed by atoms with Crippen molar-refractivity contribution in [3.63, 3.8) is 0 Å². The average Bonchev–Trinajstić information content (AvgIpc) is 2.69. The lowest BCUT2D eigenvalue weighted by Gasteiger charge is -2.08. The number of rotatable bonds is 7. The molecule has 0 fully saturated rings. The molecule has 26 heavy (non-hydrogen) atoms. The number of carbonyl (C=O) groups excluding carboxylic acids is 1. The molecule has 0 radical (unpaired) electrons. The quantitative estimate of drug-likeness (QED) is 0.685. The number of amides is 1. The van der Waals surface area contributed by atoms with Crippen LogP contribution in [0.1, 0.15) is 15.9 Å². The van der Waals surface area contributed by atoms with Crippen molar-refractivity contribution in [3.8, 4) is 17.1 Å². The molecule has 0 aliphatic carbocycles. The van der Waals surface area contributed by atoms with Crippen LogP contribution in [-0.4, -0.2) is 29.5 Å². The molecule has 0 saturated carbocycles. The van der Waals surface area contributed by atoms with Gasteiger partial charge in [-0.15, -0.1) is 0 Å². The predicted molar refractivity (Wildman–Crippen MR) is 101 cm³/mol. The van der Waals surface area contributed by atoms with Crippen molar-refractivity contribution >= 4 is 11.7 Å². The van der Waals surface area contributed by atoms with Crippen LogP contribution < -0.4 is 15.8 Å². The van der Waals surface area contributed by atoms with Crippen LogP contribution in [-0.2, 0) is 6.42 Å². The minimum atomic E-state index is -0.452. The van der Waals surface area contributed by atoms with Gasteiger partial charge in [-0.2, -0.15) is 0 Å². The monoisotopic (exact) mass is 348 g/mol. The number of ether oxygens (including phenoxy) is 1. The number of hydrogen-bond acceptors (Lipinski definition) is 5. The lowest BCUT2D eigenvalue weighted by molar-refractivity contribution is 0.100. The summed E-state index contributed by atoms with van der Waals surface area (Å²) in [6.45, 7) is 0.753. The van der Waals surface area contributed by atoms with Crippen molar-refractivity contribution in [1.82, 2.24) is 9.97 Å². The van der Waals surface area contributed by atoms with E-state index in [1.807, 2.05) is 30.3 Å². The zero-order valence-corrected chi connectivity index (χ0v) is 14.5. The van der Waals surface area contributed by atoms with Gasteiger partial charge in [-0.3, -0.25) is 4.79 Å². The molecule has 1 heterocycles. The Bertz CT molecular complexity index is 877. The highest BCUT2D eigenvalue weighted by atomic mass is 16.5. The van der Waals surface area contributed by atoms with E-state index in [-0.39, 0.29) is 0 Å². The van der Waals surface area contributed by atoms with E-state index >= 15 is 0 Å². The molecule has 6 nitrogen and oxygen atoms in total. The summed E-state index contributed by atoms with van der Waals surface area (Å²) in [5, 5.41) is 3.31. The maximum absolute atomic E-state index is 11.1. The van der Waals surface area contributed by atoms with Gasteiger partial charge < -0.3 is 15.8 Å². The fraction of sp³-hybridized carbons (Fsp3) is 0.150. The van der Waals surface area contributed by atoms with Gasteiger partial charge in [0, 0.05) is 23.9 Å². The topological polar surface area (TPSA) is 90.1 Å². The number of methoxy groups -OCH3 is 1. The number of aromatic nitrogens is 2. The van der Waals surface area contributed by atoms with E-state index in [0.717, 1.165) is 30.1 Å². The number of carbonyl (C=O) groups is 1. The number of nitrogens with one attached hydrogen (secondary N) is 1. The first-order valence-electron chi connectivity index (χ1n) is 8.26. The van der Waals surface area contributed by atoms with Gasteiger partial charge in [0.25, 0.3) is 0 Å². The third-order valence-corrected chi connectivity index (χ3v) is 3.96. The molecule has 0 bridgehead atoms. The Morgan fingerprint density at radius 1 is 1.08 bits per heavy atom. The Hall–Kier alpha value is -3.41. The van der Waals surface area contributed by atoms with Crippen LogP contribution in [0, 0.1) is 0 Å². The zero-order valence-electron chi connectivity index (χ0n) is 14.5. The molecule has 1 aromatic heterocycles. The highest BCUT2D eigenvalue weighted by Crippen LogP contribution is 2.17. The highest BCUT2D eigenvalue weighted by Gasteiger charge is 2.05. The first-order chi connectivity index (χ1) is 12.7. The predicted octanol–water partition coefficient (Wildman–Crippen LogP) is 2.91. The first kappa shape index (κ1) is 17.4. The van der Waals surface area contributed by atoms with E-state index in [0.29, 0.717) is 11.4 Å². The molecule has 3 N–H and O–H groups in total. The Balaban J connectivity index is 1.62. The zero-order chi connectivity index (χ0) is 18.4. The molecule has 1 amide bonds. The number of hydrogen-bond donors (Lipinski definition) is 2. The average molecular weight is 348 g/mol. The fourth-order valence-electron chi connectivity index (χ4n) is 2.51. The van der Waals surface area contributed by atoms with Gasteiger partial charge in [0.1, 0.15) is 11.6 Å². The molecule has 3 aromatic rings. The summed E-state index contributed by atoms with van der Waals surface area (Å²) in [6.07, 6.45) is 2.58. The van der Waals surface area contributed by atoms with Gasteiger partial charge in [-0.1, -0.05) is 24.3 Å². The van der Waals surface area contributed by atoms with Crippen molar-refractivity contribution in [3.05, 3.63) is 71.9 Å². The van der Waals surface area contributed by atoms with E-state index in [2.05, 4.69) is 15.3 Å². The lowest BCUT2D eigenvalue weighted by Crippen LogP contribution is -2.10. The molecule has 2 aromatic carbocycles. The van der Waals surface area contributed by atoms with E-state index in [1.54, 1.807) is 37.6 Å². The third-order valence-electron chi connectivity index (χ3n) is 3.96. The molecule has 0 saturated heterocycles. The fourth-order valence-corrected chi connectivity index (χ4v) is 2.51. The van der Waals surface area contributed by atoms with Crippen LogP contribution in [0.25, 0.3) is 11.4 Å². The summed E-state index contributed by atoms with van der Waals surface area (Å²) < 4.78 is 5.16. The normalized spacial score (nSPS) is 10.3. The van der Waals surface area contributed by atoms with Crippen molar-refractivity contribution in [2.45, 2.75) is 6.42 Å². The van der Waals surface area contributed by atoms with Crippen LogP contribution in [0.4, 0.5) is 5.82 Å². The number of nitrogens with two attached hydrogens (primary N) is 1. The van der Waals surface area contributed by atoms with Crippen LogP contribution >= 0.6 is 0 Å². The van der Waals surface area contributed by atoms with Gasteiger partial charge in [0.2, 0.25) is 5.91 Å². The Labute approximate surface area is 152 Å². The molecule has 0 aliphatic rings. The smallest absolute Gasteiger partial charge is 0.248 e. The molecule has 0 spiro atoms. The van der Waals surface area contributed by atoms with Gasteiger partial charge in [-0.05, 0) is 42.3 Å². The standard InChI is InChI=1S/C20H20N4O2/c1-26-17-8-2-14(3-9-17)10-12-22-18-11-13-23-20(24-18)16-6-4-15(5-7-16)19(21)25/h2-9,11,13H,10,12H2,1H3,(H2,21,25)(H,22,23,24). The summed E-state index contributed by atoms with van der Waals surface area (Å²) in [5.41, 5.74) is 7.76. The summed E-state index contributed by atoms with van der Waals surface area (Å²) in [6, 6.07) is 16.7. The second-order valence-electron chi connectivity index (χ2n) is 5.73. The molecule has 132 valence electrons. The molecular formula is C20H20N4O2. The van der Waals surface area contributed by atoms with Crippen molar-refractivity contribution in [2.24, 2.45) is 5.73 Å². The summed E-state index contributed by atoms with van der Waals surface area (Å²) in [4.78, 5) is 20.0. The van der Waals surface area contributed by atoms with E-state index in [1.165, 1.54) is 5.56 Å². The summed E-state index contributed by atoms with van der Waals surface area (Å²) in [7, 11) is 1.66. The highest BCUT2D eigenvalue weighted by molar-refractivity contribution is 5.93. The van der Waals surface area contributed by atoms with E-state index < -0.39 is 5.91 Å². The number of primary amides is 1. The molecular weight excluding hydrogens is 328 g/mol. The van der Waals surface area contributed by atoms with Gasteiger partial charge >= 0.3 is 0 Å². The second kappa shape index (κ2) is 8.11. The van der Waals surface area contributed by atoms with Gasteiger partial charge in [0.15, 0.2) is 5.82 Å². The lowest BCUT2D eigenvalue weighted by atomic mass is 10.1. The Morgan fingerprint density at radius 2 is 1.81 bits per heavy atom. The maximum Gasteiger partial charge on any atom is 0.248 e. The summed E-state index contributed by atoms with van der Waals surface area (Å²) in [5.74, 6) is 1.74. The molecule has 0 atom stereocenters. The van der Waals surface area contributed by atoms with Crippen LogP contribution in [0.5, 0.6) is 5.75 Å². The Kier molecular flexibility index (Phi) is 5.43.